The predicted molar refractivity (Wildman–Crippen MR) is 98.8 cm³/mol. The summed E-state index contributed by atoms with van der Waals surface area (Å²) in [4.78, 5) is 21.5. The van der Waals surface area contributed by atoms with Crippen LogP contribution in [0, 0.1) is 0 Å². The molecule has 1 saturated heterocycles. The fourth-order valence-electron chi connectivity index (χ4n) is 2.67. The molecule has 23 heavy (non-hydrogen) atoms. The molecular weight excluding hydrogens is 451 g/mol. The third kappa shape index (κ3) is 3.69. The summed E-state index contributed by atoms with van der Waals surface area (Å²) in [5.41, 5.74) is 0.979. The Morgan fingerprint density at radius 3 is 2.52 bits per heavy atom. The van der Waals surface area contributed by atoms with Crippen LogP contribution in [0.2, 0.25) is 0 Å². The van der Waals surface area contributed by atoms with E-state index in [1.807, 2.05) is 18.5 Å². The van der Waals surface area contributed by atoms with Gasteiger partial charge in [-0.2, -0.15) is 4.31 Å². The second-order valence-corrected chi connectivity index (χ2v) is 11.1. The molecule has 0 aromatic carbocycles. The fourth-order valence-corrected chi connectivity index (χ4v) is 5.31. The first-order chi connectivity index (χ1) is 10.9. The number of hydrogen-bond acceptors (Lipinski definition) is 6. The molecule has 0 N–H and O–H groups in total. The van der Waals surface area contributed by atoms with Crippen molar-refractivity contribution >= 4 is 51.5 Å². The number of halogens is 1. The number of amides is 1. The molecule has 0 aliphatic carbocycles. The summed E-state index contributed by atoms with van der Waals surface area (Å²) in [7, 11) is -1.21. The van der Waals surface area contributed by atoms with Gasteiger partial charge in [-0.05, 0) is 6.07 Å². The SMILES string of the molecule is CN1CCN=C1c1csc(C(=O)N2CCN(S(=O)(=O)I)CC2)c1. The zero-order chi connectivity index (χ0) is 16.6. The highest BCUT2D eigenvalue weighted by Gasteiger charge is 2.28. The largest absolute Gasteiger partial charge is 0.358 e. The van der Waals surface area contributed by atoms with E-state index in [-0.39, 0.29) is 5.91 Å². The first-order valence-corrected chi connectivity index (χ1v) is 12.1. The van der Waals surface area contributed by atoms with Gasteiger partial charge in [-0.15, -0.1) is 11.3 Å². The number of carbonyl (C=O) groups excluding carboxylic acids is 1. The highest BCUT2D eigenvalue weighted by Crippen LogP contribution is 2.21. The summed E-state index contributed by atoms with van der Waals surface area (Å²) in [6, 6.07) is 1.88. The number of nitrogens with zero attached hydrogens (tertiary/aromatic N) is 4. The lowest BCUT2D eigenvalue weighted by Crippen LogP contribution is -2.49. The van der Waals surface area contributed by atoms with Crippen molar-refractivity contribution in [3.63, 3.8) is 0 Å². The van der Waals surface area contributed by atoms with Crippen LogP contribution in [0.3, 0.4) is 0 Å². The molecule has 0 saturated carbocycles. The Kier molecular flexibility index (Phi) is 4.95. The molecular formula is C13H17IN4O3S2. The van der Waals surface area contributed by atoms with Crippen LogP contribution < -0.4 is 0 Å². The van der Waals surface area contributed by atoms with Crippen LogP contribution >= 0.6 is 32.5 Å². The normalized spacial score (nSPS) is 20.0. The van der Waals surface area contributed by atoms with Crippen LogP contribution in [0.15, 0.2) is 16.4 Å². The van der Waals surface area contributed by atoms with Gasteiger partial charge in [0.2, 0.25) is 0 Å². The van der Waals surface area contributed by atoms with Crippen LogP contribution in [-0.2, 0) is 7.19 Å². The number of hydrogen-bond donors (Lipinski definition) is 0. The zero-order valence-electron chi connectivity index (χ0n) is 12.6. The van der Waals surface area contributed by atoms with Gasteiger partial charge in [0.05, 0.1) is 32.6 Å². The minimum atomic E-state index is -3.21. The van der Waals surface area contributed by atoms with Gasteiger partial charge >= 0.3 is 0 Å². The number of rotatable bonds is 3. The maximum atomic E-state index is 12.6. The summed E-state index contributed by atoms with van der Waals surface area (Å²) < 4.78 is 24.4. The Morgan fingerprint density at radius 1 is 1.26 bits per heavy atom. The molecule has 0 radical (unpaired) electrons. The number of aliphatic imine (C=N–C) groups is 1. The summed E-state index contributed by atoms with van der Waals surface area (Å²) in [5.74, 6) is 0.897. The van der Waals surface area contributed by atoms with E-state index in [9.17, 15) is 13.2 Å². The van der Waals surface area contributed by atoms with Crippen molar-refractivity contribution in [3.8, 4) is 0 Å². The van der Waals surface area contributed by atoms with Gasteiger partial charge < -0.3 is 9.80 Å². The molecule has 10 heteroatoms. The van der Waals surface area contributed by atoms with Crippen LogP contribution in [0.1, 0.15) is 15.2 Å². The Hall–Kier alpha value is -0.720. The van der Waals surface area contributed by atoms with Crippen LogP contribution in [0.4, 0.5) is 0 Å². The second-order valence-electron chi connectivity index (χ2n) is 5.46. The summed E-state index contributed by atoms with van der Waals surface area (Å²) in [6.07, 6.45) is 0. The van der Waals surface area contributed by atoms with Crippen molar-refractivity contribution in [1.82, 2.24) is 14.1 Å². The van der Waals surface area contributed by atoms with Gasteiger partial charge in [-0.3, -0.25) is 9.79 Å². The van der Waals surface area contributed by atoms with E-state index in [1.54, 1.807) is 4.90 Å². The lowest BCUT2D eigenvalue weighted by atomic mass is 10.2. The van der Waals surface area contributed by atoms with E-state index in [1.165, 1.54) is 36.8 Å². The molecule has 7 nitrogen and oxygen atoms in total. The van der Waals surface area contributed by atoms with Crippen LogP contribution in [-0.4, -0.2) is 80.6 Å². The molecule has 3 heterocycles. The molecule has 2 aliphatic rings. The van der Waals surface area contributed by atoms with Crippen molar-refractivity contribution in [2.24, 2.45) is 4.99 Å². The Balaban J connectivity index is 1.67. The topological polar surface area (TPSA) is 73.3 Å². The smallest absolute Gasteiger partial charge is 0.267 e. The number of thiophene rings is 1. The Labute approximate surface area is 151 Å². The molecule has 0 atom stereocenters. The molecule has 1 amide bonds. The lowest BCUT2D eigenvalue weighted by Gasteiger charge is -2.32. The lowest BCUT2D eigenvalue weighted by molar-refractivity contribution is 0.0704. The van der Waals surface area contributed by atoms with Gasteiger partial charge in [0.1, 0.15) is 5.84 Å². The molecule has 126 valence electrons. The Morgan fingerprint density at radius 2 is 1.96 bits per heavy atom. The average molecular weight is 468 g/mol. The summed E-state index contributed by atoms with van der Waals surface area (Å²) in [5, 5.41) is 1.96. The van der Waals surface area contributed by atoms with E-state index < -0.39 is 7.19 Å². The predicted octanol–water partition coefficient (Wildman–Crippen LogP) is 0.878. The molecule has 2 aliphatic heterocycles. The van der Waals surface area contributed by atoms with Crippen molar-refractivity contribution in [3.05, 3.63) is 21.9 Å². The van der Waals surface area contributed by atoms with E-state index in [4.69, 9.17) is 0 Å². The average Bonchev–Trinajstić information content (AvgIpc) is 3.14. The highest BCUT2D eigenvalue weighted by molar-refractivity contribution is 14.2. The van der Waals surface area contributed by atoms with Gasteiger partial charge in [0.15, 0.2) is 0 Å². The molecule has 0 unspecified atom stereocenters. The zero-order valence-corrected chi connectivity index (χ0v) is 16.4. The minimum Gasteiger partial charge on any atom is -0.358 e. The van der Waals surface area contributed by atoms with E-state index in [0.29, 0.717) is 31.1 Å². The molecule has 0 spiro atoms. The minimum absolute atomic E-state index is 0.0343. The molecule has 1 fully saturated rings. The van der Waals surface area contributed by atoms with Crippen LogP contribution in [0.25, 0.3) is 0 Å². The Bertz CT molecular complexity index is 738. The maximum Gasteiger partial charge on any atom is 0.267 e. The highest BCUT2D eigenvalue weighted by atomic mass is 127. The number of amidine groups is 1. The summed E-state index contributed by atoms with van der Waals surface area (Å²) >= 11 is 2.85. The van der Waals surface area contributed by atoms with Crippen molar-refractivity contribution in [2.45, 2.75) is 0 Å². The van der Waals surface area contributed by atoms with Crippen molar-refractivity contribution in [1.29, 1.82) is 0 Å². The molecule has 1 aromatic rings. The monoisotopic (exact) mass is 468 g/mol. The quantitative estimate of drug-likeness (QED) is 0.488. The van der Waals surface area contributed by atoms with Gasteiger partial charge in [0, 0.05) is 50.7 Å². The summed E-state index contributed by atoms with van der Waals surface area (Å²) in [6.45, 7) is 3.25. The van der Waals surface area contributed by atoms with Gasteiger partial charge in [-0.1, -0.05) is 0 Å². The fraction of sp³-hybridized carbons (Fsp3) is 0.538. The van der Waals surface area contributed by atoms with Crippen LogP contribution in [0.5, 0.6) is 0 Å². The first kappa shape index (κ1) is 17.1. The van der Waals surface area contributed by atoms with Gasteiger partial charge in [-0.25, -0.2) is 8.42 Å². The molecule has 0 bridgehead atoms. The van der Waals surface area contributed by atoms with E-state index >= 15 is 0 Å². The maximum absolute atomic E-state index is 12.6. The van der Waals surface area contributed by atoms with E-state index in [0.717, 1.165) is 24.5 Å². The number of likely N-dealkylation sites (N-methyl/N-ethyl adjacent to an activating group) is 1. The third-order valence-electron chi connectivity index (χ3n) is 3.96. The van der Waals surface area contributed by atoms with Crippen molar-refractivity contribution < 1.29 is 13.2 Å². The molecule has 1 aromatic heterocycles. The standard InChI is InChI=1S/C13H17IN4O3S2/c1-16-3-2-15-12(16)10-8-11(22-9-10)13(19)17-4-6-18(7-5-17)23(14,20)21/h8-9H,2-7H2,1H3. The molecule has 3 rings (SSSR count). The van der Waals surface area contributed by atoms with Gasteiger partial charge in [0.25, 0.3) is 13.1 Å². The first-order valence-electron chi connectivity index (χ1n) is 7.20. The number of piperazine rings is 1. The second kappa shape index (κ2) is 6.65. The third-order valence-corrected chi connectivity index (χ3v) is 7.53. The van der Waals surface area contributed by atoms with Crippen molar-refractivity contribution in [2.75, 3.05) is 46.3 Å². The van der Waals surface area contributed by atoms with E-state index in [2.05, 4.69) is 9.89 Å². The number of carbonyl (C=O) groups is 1.